The van der Waals surface area contributed by atoms with Gasteiger partial charge in [0.1, 0.15) is 0 Å². The molecule has 1 aliphatic heterocycles. The minimum atomic E-state index is -0.209. The van der Waals surface area contributed by atoms with Crippen molar-refractivity contribution in [3.8, 4) is 0 Å². The Morgan fingerprint density at radius 2 is 1.97 bits per heavy atom. The smallest absolute Gasteiger partial charge is 0.257 e. The number of nitrogens with one attached hydrogen (secondary N) is 1. The van der Waals surface area contributed by atoms with E-state index in [2.05, 4.69) is 36.0 Å². The maximum Gasteiger partial charge on any atom is 0.257 e. The first-order valence-electron chi connectivity index (χ1n) is 11.2. The molecule has 0 bridgehead atoms. The van der Waals surface area contributed by atoms with Gasteiger partial charge in [0, 0.05) is 61.2 Å². The fourth-order valence-corrected chi connectivity index (χ4v) is 4.32. The molecule has 6 nitrogen and oxygen atoms in total. The number of hydrogen-bond acceptors (Lipinski definition) is 4. The molecular weight excluding hydrogens is 424 g/mol. The van der Waals surface area contributed by atoms with Gasteiger partial charge in [0.25, 0.3) is 5.91 Å². The topological polar surface area (TPSA) is 65.5 Å². The van der Waals surface area contributed by atoms with Crippen LogP contribution in [0.3, 0.4) is 0 Å². The first-order chi connectivity index (χ1) is 15.1. The van der Waals surface area contributed by atoms with Crippen LogP contribution in [-0.4, -0.2) is 52.3 Å². The van der Waals surface area contributed by atoms with E-state index in [-0.39, 0.29) is 17.9 Å². The fraction of sp³-hybridized carbons (Fsp3) is 0.480. The third-order valence-corrected chi connectivity index (χ3v) is 6.13. The van der Waals surface area contributed by atoms with Crippen molar-refractivity contribution in [1.82, 2.24) is 14.8 Å². The van der Waals surface area contributed by atoms with Crippen LogP contribution in [-0.2, 0) is 11.3 Å². The molecule has 0 radical (unpaired) electrons. The minimum absolute atomic E-state index is 0.169. The van der Waals surface area contributed by atoms with E-state index in [4.69, 9.17) is 11.6 Å². The van der Waals surface area contributed by atoms with Gasteiger partial charge in [0.15, 0.2) is 0 Å². The highest BCUT2D eigenvalue weighted by molar-refractivity contribution is 6.31. The summed E-state index contributed by atoms with van der Waals surface area (Å²) in [6.07, 6.45) is 2.17. The van der Waals surface area contributed by atoms with E-state index >= 15 is 0 Å². The van der Waals surface area contributed by atoms with Crippen LogP contribution in [0.25, 0.3) is 0 Å². The summed E-state index contributed by atoms with van der Waals surface area (Å²) in [5.41, 5.74) is 4.14. The molecule has 2 amide bonds. The molecule has 7 heteroatoms. The number of benzene rings is 1. The predicted molar refractivity (Wildman–Crippen MR) is 129 cm³/mol. The second-order valence-electron chi connectivity index (χ2n) is 9.15. The summed E-state index contributed by atoms with van der Waals surface area (Å²) < 4.78 is 0. The largest absolute Gasteiger partial charge is 0.337 e. The summed E-state index contributed by atoms with van der Waals surface area (Å²) in [5, 5.41) is 3.56. The van der Waals surface area contributed by atoms with Crippen molar-refractivity contribution in [2.24, 2.45) is 5.92 Å². The minimum Gasteiger partial charge on any atom is -0.337 e. The van der Waals surface area contributed by atoms with Gasteiger partial charge in [-0.3, -0.25) is 19.5 Å². The van der Waals surface area contributed by atoms with Gasteiger partial charge in [-0.25, -0.2) is 0 Å². The number of halogens is 1. The lowest BCUT2D eigenvalue weighted by atomic mass is 10.0. The van der Waals surface area contributed by atoms with Gasteiger partial charge < -0.3 is 10.2 Å². The maximum atomic E-state index is 12.7. The Kier molecular flexibility index (Phi) is 7.91. The highest BCUT2D eigenvalue weighted by Crippen LogP contribution is 2.27. The molecular formula is C25H33ClN4O2. The first kappa shape index (κ1) is 24.2. The lowest BCUT2D eigenvalue weighted by Gasteiger charge is -2.40. The van der Waals surface area contributed by atoms with Crippen molar-refractivity contribution in [2.75, 3.05) is 25.0 Å². The van der Waals surface area contributed by atoms with Crippen LogP contribution in [0.4, 0.5) is 5.69 Å². The number of hydrogen-bond donors (Lipinski definition) is 1. The maximum absolute atomic E-state index is 12.7. The summed E-state index contributed by atoms with van der Waals surface area (Å²) in [6, 6.07) is 7.49. The molecule has 2 aromatic rings. The van der Waals surface area contributed by atoms with Gasteiger partial charge in [-0.15, -0.1) is 0 Å². The Morgan fingerprint density at radius 3 is 2.59 bits per heavy atom. The third kappa shape index (κ3) is 6.08. The number of pyridine rings is 1. The molecule has 1 atom stereocenters. The van der Waals surface area contributed by atoms with Crippen LogP contribution in [0.1, 0.15) is 54.4 Å². The molecule has 1 aromatic heterocycles. The molecule has 1 aliphatic rings. The van der Waals surface area contributed by atoms with Crippen LogP contribution in [0.15, 0.2) is 30.5 Å². The second-order valence-corrected chi connectivity index (χ2v) is 9.59. The van der Waals surface area contributed by atoms with E-state index in [1.165, 1.54) is 0 Å². The number of anilines is 1. The average Bonchev–Trinajstić information content (AvgIpc) is 2.71. The standard InChI is InChI=1S/C25H33ClN4O2/c1-16(2)10-24(31)30-9-8-29(14-18(30)4)15-21-11-22(26)12-23(19(21)5)28-25(32)20-7-6-17(3)27-13-20/h6-7,11-13,16,18H,8-10,14-15H2,1-5H3,(H,28,32)/t18-/m0/s1. The van der Waals surface area contributed by atoms with Gasteiger partial charge in [0.05, 0.1) is 5.56 Å². The molecule has 172 valence electrons. The summed E-state index contributed by atoms with van der Waals surface area (Å²) in [7, 11) is 0. The average molecular weight is 457 g/mol. The van der Waals surface area contributed by atoms with E-state index in [9.17, 15) is 9.59 Å². The number of amides is 2. The van der Waals surface area contributed by atoms with Crippen molar-refractivity contribution in [1.29, 1.82) is 0 Å². The molecule has 0 unspecified atom stereocenters. The highest BCUT2D eigenvalue weighted by Gasteiger charge is 2.28. The second kappa shape index (κ2) is 10.5. The zero-order valence-corrected chi connectivity index (χ0v) is 20.4. The molecule has 1 aromatic carbocycles. The monoisotopic (exact) mass is 456 g/mol. The molecule has 1 fully saturated rings. The molecule has 3 rings (SSSR count). The number of aromatic nitrogens is 1. The summed E-state index contributed by atoms with van der Waals surface area (Å²) in [5.74, 6) is 0.396. The summed E-state index contributed by atoms with van der Waals surface area (Å²) >= 11 is 6.40. The van der Waals surface area contributed by atoms with Crippen LogP contribution in [0, 0.1) is 19.8 Å². The SMILES string of the molecule is Cc1ccc(C(=O)Nc2cc(Cl)cc(CN3CCN(C(=O)CC(C)C)[C@@H](C)C3)c2C)cn1. The van der Waals surface area contributed by atoms with Crippen molar-refractivity contribution < 1.29 is 9.59 Å². The molecule has 1 N–H and O–H groups in total. The van der Waals surface area contributed by atoms with Gasteiger partial charge in [-0.05, 0) is 62.1 Å². The zero-order chi connectivity index (χ0) is 23.4. The number of carbonyl (C=O) groups excluding carboxylic acids is 2. The zero-order valence-electron chi connectivity index (χ0n) is 19.6. The van der Waals surface area contributed by atoms with Gasteiger partial charge >= 0.3 is 0 Å². The summed E-state index contributed by atoms with van der Waals surface area (Å²) in [4.78, 5) is 33.7. The highest BCUT2D eigenvalue weighted by atomic mass is 35.5. The van der Waals surface area contributed by atoms with Crippen molar-refractivity contribution in [2.45, 2.75) is 53.6 Å². The normalized spacial score (nSPS) is 17.0. The molecule has 1 saturated heterocycles. The Hall–Kier alpha value is -2.44. The van der Waals surface area contributed by atoms with Crippen LogP contribution < -0.4 is 5.32 Å². The molecule has 2 heterocycles. The lowest BCUT2D eigenvalue weighted by molar-refractivity contribution is -0.136. The number of rotatable bonds is 6. The number of aryl methyl sites for hydroxylation is 1. The Morgan fingerprint density at radius 1 is 1.22 bits per heavy atom. The lowest BCUT2D eigenvalue weighted by Crippen LogP contribution is -2.53. The Balaban J connectivity index is 1.69. The van der Waals surface area contributed by atoms with Gasteiger partial charge in [-0.1, -0.05) is 25.4 Å². The van der Waals surface area contributed by atoms with Crippen LogP contribution >= 0.6 is 11.6 Å². The molecule has 0 spiro atoms. The number of carbonyl (C=O) groups is 2. The number of piperazine rings is 1. The third-order valence-electron chi connectivity index (χ3n) is 5.91. The van der Waals surface area contributed by atoms with Crippen molar-refractivity contribution in [3.63, 3.8) is 0 Å². The van der Waals surface area contributed by atoms with Crippen LogP contribution in [0.5, 0.6) is 0 Å². The molecule has 0 saturated carbocycles. The van der Waals surface area contributed by atoms with E-state index < -0.39 is 0 Å². The van der Waals surface area contributed by atoms with Gasteiger partial charge in [0.2, 0.25) is 5.91 Å². The number of nitrogens with zero attached hydrogens (tertiary/aromatic N) is 3. The van der Waals surface area contributed by atoms with E-state index in [1.807, 2.05) is 30.9 Å². The quantitative estimate of drug-likeness (QED) is 0.685. The van der Waals surface area contributed by atoms with E-state index in [0.29, 0.717) is 28.6 Å². The van der Waals surface area contributed by atoms with Crippen LogP contribution in [0.2, 0.25) is 5.02 Å². The molecule has 0 aliphatic carbocycles. The fourth-order valence-electron chi connectivity index (χ4n) is 4.08. The summed E-state index contributed by atoms with van der Waals surface area (Å²) in [6.45, 7) is 13.2. The Bertz CT molecular complexity index is 975. The first-order valence-corrected chi connectivity index (χ1v) is 11.6. The molecule has 32 heavy (non-hydrogen) atoms. The van der Waals surface area contributed by atoms with Crippen molar-refractivity contribution >= 4 is 29.1 Å². The van der Waals surface area contributed by atoms with E-state index in [0.717, 1.165) is 43.0 Å². The van der Waals surface area contributed by atoms with Crippen molar-refractivity contribution in [3.05, 3.63) is 57.9 Å². The van der Waals surface area contributed by atoms with Gasteiger partial charge in [-0.2, -0.15) is 0 Å². The van der Waals surface area contributed by atoms with E-state index in [1.54, 1.807) is 18.3 Å². The predicted octanol–water partition coefficient (Wildman–Crippen LogP) is 4.68. The Labute approximate surface area is 196 Å².